The molecule has 0 saturated heterocycles. The fourth-order valence-corrected chi connectivity index (χ4v) is 7.21. The molecule has 1 rings (SSSR count). The second-order valence-corrected chi connectivity index (χ2v) is 9.90. The Bertz CT molecular complexity index is 914. The normalized spacial score (nSPS) is 14.7. The molecule has 6 N–H and O–H groups in total. The van der Waals surface area contributed by atoms with Crippen LogP contribution in [-0.4, -0.2) is 82.4 Å². The molecule has 3 amide bonds. The molecule has 0 aliphatic carbocycles. The average molecular weight is 789 g/mol. The molecule has 0 aliphatic rings. The van der Waals surface area contributed by atoms with Crippen LogP contribution >= 0.6 is 67.8 Å². The molecule has 0 bridgehead atoms. The molecule has 1 aromatic rings. The van der Waals surface area contributed by atoms with Gasteiger partial charge in [0.1, 0.15) is 30.6 Å². The van der Waals surface area contributed by atoms with Crippen molar-refractivity contribution in [3.8, 4) is 0 Å². The standard InChI is InChI=1S/C18H22I3N3O8/c1-6(27)22-14-11(19)10(12(20)15(13(14)21)24(3)7(2)28)18(32)23-8(4-25)16(30)17(31)9(29)5-26/h4,8-9,16-17,26,29-31H,5H2,1-3H3,(H,22,27)(H,23,32)/t8-,9-,16-,17-/m1/s1. The molecular weight excluding hydrogens is 767 g/mol. The van der Waals surface area contributed by atoms with Crippen molar-refractivity contribution in [3.05, 3.63) is 16.3 Å². The zero-order chi connectivity index (χ0) is 24.9. The number of nitrogens with zero attached hydrogens (tertiary/aromatic N) is 1. The van der Waals surface area contributed by atoms with Crippen LogP contribution in [-0.2, 0) is 14.4 Å². The van der Waals surface area contributed by atoms with E-state index in [1.807, 2.05) is 67.8 Å². The number of aliphatic hydroxyl groups excluding tert-OH is 4. The van der Waals surface area contributed by atoms with Gasteiger partial charge in [-0.2, -0.15) is 0 Å². The van der Waals surface area contributed by atoms with E-state index in [9.17, 15) is 34.5 Å². The molecule has 32 heavy (non-hydrogen) atoms. The topological polar surface area (TPSA) is 176 Å². The van der Waals surface area contributed by atoms with E-state index in [2.05, 4.69) is 10.6 Å². The summed E-state index contributed by atoms with van der Waals surface area (Å²) in [4.78, 5) is 49.6. The molecule has 4 atom stereocenters. The molecule has 0 aliphatic heterocycles. The number of hydrogen-bond donors (Lipinski definition) is 6. The minimum atomic E-state index is -1.91. The Morgan fingerprint density at radius 1 is 1.03 bits per heavy atom. The summed E-state index contributed by atoms with van der Waals surface area (Å²) in [6, 6.07) is -1.62. The molecule has 0 spiro atoms. The summed E-state index contributed by atoms with van der Waals surface area (Å²) in [7, 11) is 1.50. The van der Waals surface area contributed by atoms with Gasteiger partial charge in [-0.25, -0.2) is 0 Å². The molecule has 0 fully saturated rings. The van der Waals surface area contributed by atoms with Crippen LogP contribution in [0.1, 0.15) is 24.2 Å². The van der Waals surface area contributed by atoms with Crippen LogP contribution in [0.4, 0.5) is 11.4 Å². The number of halogens is 3. The fraction of sp³-hybridized carbons (Fsp3) is 0.444. The maximum Gasteiger partial charge on any atom is 0.254 e. The first kappa shape index (κ1) is 29.4. The summed E-state index contributed by atoms with van der Waals surface area (Å²) in [5.74, 6) is -1.57. The van der Waals surface area contributed by atoms with Crippen LogP contribution in [0.25, 0.3) is 0 Å². The number of amides is 3. The van der Waals surface area contributed by atoms with Crippen LogP contribution in [0.15, 0.2) is 0 Å². The first-order valence-corrected chi connectivity index (χ1v) is 12.2. The zero-order valence-electron chi connectivity index (χ0n) is 17.1. The molecule has 14 heteroatoms. The van der Waals surface area contributed by atoms with E-state index in [-0.39, 0.29) is 23.4 Å². The van der Waals surface area contributed by atoms with Crippen LogP contribution in [0.3, 0.4) is 0 Å². The summed E-state index contributed by atoms with van der Waals surface area (Å²) < 4.78 is 1.17. The predicted molar refractivity (Wildman–Crippen MR) is 140 cm³/mol. The maximum atomic E-state index is 13.1. The van der Waals surface area contributed by atoms with E-state index >= 15 is 0 Å². The quantitative estimate of drug-likeness (QED) is 0.148. The van der Waals surface area contributed by atoms with Crippen molar-refractivity contribution in [1.82, 2.24) is 5.32 Å². The van der Waals surface area contributed by atoms with Crippen molar-refractivity contribution >= 4 is 103 Å². The van der Waals surface area contributed by atoms with Gasteiger partial charge in [0, 0.05) is 20.9 Å². The number of aldehydes is 1. The minimum absolute atomic E-state index is 0.0229. The van der Waals surface area contributed by atoms with E-state index < -0.39 is 42.8 Å². The van der Waals surface area contributed by atoms with Gasteiger partial charge in [0.2, 0.25) is 11.8 Å². The van der Waals surface area contributed by atoms with Crippen LogP contribution in [0, 0.1) is 10.7 Å². The Hall–Kier alpha value is -0.670. The third-order valence-corrected chi connectivity index (χ3v) is 7.55. The van der Waals surface area contributed by atoms with Crippen LogP contribution in [0.2, 0.25) is 0 Å². The highest BCUT2D eigenvalue weighted by molar-refractivity contribution is 14.1. The van der Waals surface area contributed by atoms with Crippen molar-refractivity contribution in [2.75, 3.05) is 23.9 Å². The Kier molecular flexibility index (Phi) is 11.7. The Balaban J connectivity index is 3.57. The first-order chi connectivity index (χ1) is 14.8. The summed E-state index contributed by atoms with van der Waals surface area (Å²) >= 11 is 5.65. The SMILES string of the molecule is CC(=O)Nc1c(I)c(C(=O)N[C@H](C=O)[C@@H](O)[C@H](O)[C@H](O)CO)c(I)c(N(C)C(C)=O)c1I. The number of carbonyl (C=O) groups is 4. The Morgan fingerprint density at radius 2 is 1.59 bits per heavy atom. The van der Waals surface area contributed by atoms with E-state index in [1.54, 1.807) is 0 Å². The molecule has 0 aromatic heterocycles. The predicted octanol–water partition coefficient (Wildman–Crippen LogP) is -0.186. The fourth-order valence-electron chi connectivity index (χ4n) is 2.56. The molecule has 0 heterocycles. The van der Waals surface area contributed by atoms with Crippen molar-refractivity contribution in [2.45, 2.75) is 38.2 Å². The van der Waals surface area contributed by atoms with Gasteiger partial charge in [0.05, 0.1) is 34.3 Å². The number of anilines is 2. The van der Waals surface area contributed by atoms with Crippen molar-refractivity contribution < 1.29 is 39.6 Å². The Labute approximate surface area is 224 Å². The second kappa shape index (κ2) is 12.7. The summed E-state index contributed by atoms with van der Waals surface area (Å²) in [6.07, 6.45) is -5.36. The van der Waals surface area contributed by atoms with Gasteiger partial charge >= 0.3 is 0 Å². The first-order valence-electron chi connectivity index (χ1n) is 8.93. The number of hydrogen-bond acceptors (Lipinski definition) is 8. The van der Waals surface area contributed by atoms with Crippen molar-refractivity contribution in [2.24, 2.45) is 0 Å². The average Bonchev–Trinajstić information content (AvgIpc) is 2.72. The van der Waals surface area contributed by atoms with E-state index in [0.717, 1.165) is 0 Å². The van der Waals surface area contributed by atoms with Gasteiger partial charge < -0.3 is 40.8 Å². The van der Waals surface area contributed by atoms with E-state index in [0.29, 0.717) is 16.4 Å². The van der Waals surface area contributed by atoms with E-state index in [1.165, 1.54) is 25.8 Å². The van der Waals surface area contributed by atoms with Gasteiger partial charge in [-0.1, -0.05) is 0 Å². The second-order valence-electron chi connectivity index (χ2n) is 6.67. The molecule has 0 saturated carbocycles. The van der Waals surface area contributed by atoms with Gasteiger partial charge in [-0.05, 0) is 67.8 Å². The highest BCUT2D eigenvalue weighted by Gasteiger charge is 2.34. The largest absolute Gasteiger partial charge is 0.394 e. The van der Waals surface area contributed by atoms with Gasteiger partial charge in [-0.15, -0.1) is 0 Å². The molecular formula is C18H22I3N3O8. The maximum absolute atomic E-state index is 13.1. The van der Waals surface area contributed by atoms with Gasteiger partial charge in [0.15, 0.2) is 0 Å². The molecule has 0 unspecified atom stereocenters. The lowest BCUT2D eigenvalue weighted by Gasteiger charge is -2.27. The molecule has 0 radical (unpaired) electrons. The number of nitrogens with one attached hydrogen (secondary N) is 2. The van der Waals surface area contributed by atoms with Gasteiger partial charge in [0.25, 0.3) is 5.91 Å². The number of rotatable bonds is 9. The van der Waals surface area contributed by atoms with Crippen molar-refractivity contribution in [1.29, 1.82) is 0 Å². The lowest BCUT2D eigenvalue weighted by molar-refractivity contribution is -0.119. The lowest BCUT2D eigenvalue weighted by atomic mass is 10.0. The molecule has 1 aromatic carbocycles. The summed E-state index contributed by atoms with van der Waals surface area (Å²) in [6.45, 7) is 1.74. The zero-order valence-corrected chi connectivity index (χ0v) is 23.6. The minimum Gasteiger partial charge on any atom is -0.394 e. The summed E-state index contributed by atoms with van der Waals surface area (Å²) in [5, 5.41) is 43.4. The highest BCUT2D eigenvalue weighted by atomic mass is 127. The number of benzene rings is 1. The number of carbonyl (C=O) groups excluding carboxylic acids is 4. The Morgan fingerprint density at radius 3 is 2.03 bits per heavy atom. The van der Waals surface area contributed by atoms with Crippen LogP contribution < -0.4 is 15.5 Å². The third-order valence-electron chi connectivity index (χ3n) is 4.37. The highest BCUT2D eigenvalue weighted by Crippen LogP contribution is 2.40. The van der Waals surface area contributed by atoms with Gasteiger partial charge in [-0.3, -0.25) is 14.4 Å². The smallest absolute Gasteiger partial charge is 0.254 e. The molecule has 11 nitrogen and oxygen atoms in total. The lowest BCUT2D eigenvalue weighted by Crippen LogP contribution is -2.53. The molecule has 178 valence electrons. The number of aliphatic hydroxyl groups is 4. The van der Waals surface area contributed by atoms with E-state index in [4.69, 9.17) is 5.11 Å². The third kappa shape index (κ3) is 6.69. The summed E-state index contributed by atoms with van der Waals surface area (Å²) in [5.41, 5.74) is 0.660. The van der Waals surface area contributed by atoms with Crippen molar-refractivity contribution in [3.63, 3.8) is 0 Å². The monoisotopic (exact) mass is 789 g/mol. The van der Waals surface area contributed by atoms with Crippen LogP contribution in [0.5, 0.6) is 0 Å².